The molecule has 2 rings (SSSR count). The highest BCUT2D eigenvalue weighted by molar-refractivity contribution is 7.86. The molecule has 1 heterocycles. The van der Waals surface area contributed by atoms with Gasteiger partial charge in [-0.05, 0) is 36.6 Å². The van der Waals surface area contributed by atoms with Crippen molar-refractivity contribution in [3.05, 3.63) is 59.8 Å². The zero-order valence-electron chi connectivity index (χ0n) is 22.4. The molecule has 1 aromatic rings. The number of guanidine groups is 1. The Morgan fingerprint density at radius 1 is 1.07 bits per heavy atom. The quantitative estimate of drug-likeness (QED) is 0.132. The second-order valence-corrected chi connectivity index (χ2v) is 11.8. The van der Waals surface area contributed by atoms with Crippen molar-refractivity contribution in [2.75, 3.05) is 45.1 Å². The average Bonchev–Trinajstić information content (AvgIpc) is 2.88. The maximum Gasteiger partial charge on any atom is 0.295 e. The van der Waals surface area contributed by atoms with Crippen LogP contribution in [0.5, 0.6) is 0 Å². The number of piperazine rings is 1. The number of rotatable bonds is 10. The highest BCUT2D eigenvalue weighted by atomic mass is 32.2. The van der Waals surface area contributed by atoms with Crippen molar-refractivity contribution in [2.45, 2.75) is 18.7 Å². The van der Waals surface area contributed by atoms with E-state index in [2.05, 4.69) is 19.9 Å². The molecule has 40 heavy (non-hydrogen) atoms. The Morgan fingerprint density at radius 3 is 2.35 bits per heavy atom. The third kappa shape index (κ3) is 11.9. The Hall–Kier alpha value is -3.21. The molecule has 1 atom stereocenters. The van der Waals surface area contributed by atoms with Crippen LogP contribution < -0.4 is 5.73 Å². The van der Waals surface area contributed by atoms with Gasteiger partial charge in [-0.3, -0.25) is 14.0 Å². The van der Waals surface area contributed by atoms with Crippen molar-refractivity contribution >= 4 is 44.4 Å². The first-order valence-corrected chi connectivity index (χ1v) is 15.4. The van der Waals surface area contributed by atoms with Crippen LogP contribution in [-0.2, 0) is 20.2 Å². The summed E-state index contributed by atoms with van der Waals surface area (Å²) >= 11 is 0. The number of nitrogens with two attached hydrogens (primary N) is 1. The zero-order valence-corrected chi connectivity index (χ0v) is 24.0. The van der Waals surface area contributed by atoms with Gasteiger partial charge in [-0.1, -0.05) is 43.4 Å². The monoisotopic (exact) mass is 596 g/mol. The number of amidine groups is 1. The van der Waals surface area contributed by atoms with Crippen LogP contribution in [0.25, 0.3) is 6.08 Å². The second kappa shape index (κ2) is 15.5. The van der Waals surface area contributed by atoms with Crippen LogP contribution in [0.3, 0.4) is 0 Å². The minimum atomic E-state index is -4.39. The molecule has 1 saturated heterocycles. The van der Waals surface area contributed by atoms with E-state index in [1.807, 2.05) is 11.8 Å². The molecule has 5 N–H and O–H groups in total. The van der Waals surface area contributed by atoms with Gasteiger partial charge in [-0.2, -0.15) is 21.8 Å². The zero-order chi connectivity index (χ0) is 29.8. The fourth-order valence-corrected chi connectivity index (χ4v) is 4.75. The molecule has 1 aliphatic rings. The van der Waals surface area contributed by atoms with Crippen molar-refractivity contribution < 1.29 is 31.0 Å². The number of nitrogens with zero attached hydrogens (tertiary/aromatic N) is 5. The van der Waals surface area contributed by atoms with Crippen molar-refractivity contribution in [2.24, 2.45) is 26.6 Å². The Balaban J connectivity index is 2.28. The highest BCUT2D eigenvalue weighted by Crippen LogP contribution is 2.18. The summed E-state index contributed by atoms with van der Waals surface area (Å²) in [6.07, 6.45) is 8.84. The van der Waals surface area contributed by atoms with Gasteiger partial charge in [-0.25, -0.2) is 9.98 Å². The summed E-state index contributed by atoms with van der Waals surface area (Å²) in [6, 6.07) is 5.98. The first-order chi connectivity index (χ1) is 18.8. The van der Waals surface area contributed by atoms with Gasteiger partial charge >= 0.3 is 0 Å². The molecule has 0 aromatic heterocycles. The molecule has 0 spiro atoms. The lowest BCUT2D eigenvalue weighted by atomic mass is 10.1. The normalized spacial score (nSPS) is 17.9. The number of hydrogen-bond donors (Lipinski definition) is 4. The van der Waals surface area contributed by atoms with Crippen LogP contribution in [0.4, 0.5) is 0 Å². The fourth-order valence-electron chi connectivity index (χ4n) is 3.68. The van der Waals surface area contributed by atoms with Crippen LogP contribution in [-0.4, -0.2) is 104 Å². The molecule has 13 nitrogen and oxygen atoms in total. The fraction of sp³-hybridized carbons (Fsp3) is 0.400. The number of aliphatic hydroxyl groups is 1. The summed E-state index contributed by atoms with van der Waals surface area (Å²) in [4.78, 5) is 16.8. The maximum atomic E-state index is 11.6. The molecule has 0 saturated carbocycles. The van der Waals surface area contributed by atoms with Crippen LogP contribution in [0.15, 0.2) is 74.1 Å². The summed E-state index contributed by atoms with van der Waals surface area (Å²) in [5.41, 5.74) is 6.03. The predicted molar refractivity (Wildman–Crippen MR) is 156 cm³/mol. The number of hydrogen-bond acceptors (Lipinski definition) is 7. The summed E-state index contributed by atoms with van der Waals surface area (Å²) in [7, 11) is -8.69. The largest absolute Gasteiger partial charge is 0.395 e. The van der Waals surface area contributed by atoms with Crippen LogP contribution in [0.1, 0.15) is 19.4 Å². The van der Waals surface area contributed by atoms with Crippen molar-refractivity contribution in [3.63, 3.8) is 0 Å². The molecule has 15 heteroatoms. The third-order valence-electron chi connectivity index (χ3n) is 5.66. The Labute approximate surface area is 235 Å². The van der Waals surface area contributed by atoms with E-state index in [1.54, 1.807) is 43.4 Å². The lowest BCUT2D eigenvalue weighted by molar-refractivity contribution is 0.146. The Bertz CT molecular complexity index is 1390. The van der Waals surface area contributed by atoms with Gasteiger partial charge in [0.25, 0.3) is 20.2 Å². The van der Waals surface area contributed by atoms with E-state index in [0.717, 1.165) is 6.34 Å². The van der Waals surface area contributed by atoms with E-state index in [-0.39, 0.29) is 29.0 Å². The van der Waals surface area contributed by atoms with Crippen molar-refractivity contribution in [1.82, 2.24) is 9.80 Å². The van der Waals surface area contributed by atoms with Gasteiger partial charge in [-0.15, -0.1) is 0 Å². The number of β-amino-alcohol motifs (C(OH)–C–C–N with tert-alkyl or cyclic N) is 1. The summed E-state index contributed by atoms with van der Waals surface area (Å²) in [6.45, 7) is 6.71. The molecule has 0 radical (unpaired) electrons. The van der Waals surface area contributed by atoms with Crippen LogP contribution in [0, 0.1) is 5.92 Å². The minimum absolute atomic E-state index is 0.0755. The molecule has 0 bridgehead atoms. The number of allylic oxidation sites excluding steroid dienone is 3. The Kier molecular flexibility index (Phi) is 12.8. The highest BCUT2D eigenvalue weighted by Gasteiger charge is 2.19. The first kappa shape index (κ1) is 33.0. The minimum Gasteiger partial charge on any atom is -0.395 e. The van der Waals surface area contributed by atoms with E-state index in [4.69, 9.17) is 10.8 Å². The van der Waals surface area contributed by atoms with E-state index in [1.165, 1.54) is 18.2 Å². The van der Waals surface area contributed by atoms with E-state index in [0.29, 0.717) is 44.2 Å². The maximum absolute atomic E-state index is 11.6. The summed E-state index contributed by atoms with van der Waals surface area (Å²) in [5, 5.41) is 9.14. The van der Waals surface area contributed by atoms with Crippen molar-refractivity contribution in [1.29, 1.82) is 0 Å². The standard InChI is InChI=1S/C25H36N6O7S2/c1-20(7-9-22-5-3-4-6-24(22)40(36,37)38)8-10-23(11-18-39(33,34)35)28-21(2)29-25(27-19-26)31-14-12-30(13-15-31)16-17-32/h3-11,19-20,32H,12-18H2,1-2H3,(H,33,34,35)(H,36,37,38)(H2,26,27,28,29)/b9-7+,10-8-,23-11+. The average molecular weight is 597 g/mol. The van der Waals surface area contributed by atoms with E-state index < -0.39 is 26.0 Å². The van der Waals surface area contributed by atoms with Gasteiger partial charge < -0.3 is 15.7 Å². The lowest BCUT2D eigenvalue weighted by Gasteiger charge is -2.34. The first-order valence-electron chi connectivity index (χ1n) is 12.4. The Morgan fingerprint density at radius 2 is 1.75 bits per heavy atom. The molecular weight excluding hydrogens is 560 g/mol. The van der Waals surface area contributed by atoms with Gasteiger partial charge in [0.2, 0.25) is 5.96 Å². The SMILES string of the molecule is CC(=NC(/C=C\C(C)/C=C/c1ccccc1S(=O)(=O)O)=C/CS(=O)(=O)O)N=C(/N=C\N)N1CCN(CCO)CC1. The summed E-state index contributed by atoms with van der Waals surface area (Å²) in [5.74, 6) is -0.329. The number of benzene rings is 1. The molecule has 0 aliphatic carbocycles. The molecule has 1 aromatic carbocycles. The molecule has 1 fully saturated rings. The molecule has 220 valence electrons. The van der Waals surface area contributed by atoms with E-state index >= 15 is 0 Å². The van der Waals surface area contributed by atoms with Gasteiger partial charge in [0, 0.05) is 32.7 Å². The van der Waals surface area contributed by atoms with Crippen LogP contribution >= 0.6 is 0 Å². The molecular formula is C25H36N6O7S2. The van der Waals surface area contributed by atoms with Crippen molar-refractivity contribution in [3.8, 4) is 0 Å². The van der Waals surface area contributed by atoms with Gasteiger partial charge in [0.15, 0.2) is 0 Å². The lowest BCUT2D eigenvalue weighted by Crippen LogP contribution is -2.49. The number of aliphatic hydroxyl groups excluding tert-OH is 1. The molecule has 1 unspecified atom stereocenters. The third-order valence-corrected chi connectivity index (χ3v) is 7.18. The van der Waals surface area contributed by atoms with Gasteiger partial charge in [0.05, 0.1) is 24.4 Å². The second-order valence-electron chi connectivity index (χ2n) is 8.87. The predicted octanol–water partition coefficient (Wildman–Crippen LogP) is 1.28. The van der Waals surface area contributed by atoms with Gasteiger partial charge in [0.1, 0.15) is 10.7 Å². The topological polar surface area (TPSA) is 199 Å². The van der Waals surface area contributed by atoms with E-state index in [9.17, 15) is 25.9 Å². The molecule has 0 amide bonds. The summed E-state index contributed by atoms with van der Waals surface area (Å²) < 4.78 is 64.5. The van der Waals surface area contributed by atoms with Crippen LogP contribution in [0.2, 0.25) is 0 Å². The smallest absolute Gasteiger partial charge is 0.295 e. The number of aliphatic imine (C=N–C) groups is 3. The molecule has 1 aliphatic heterocycles.